The Kier molecular flexibility index (Phi) is 11.6. The highest BCUT2D eigenvalue weighted by molar-refractivity contribution is 6.29. The summed E-state index contributed by atoms with van der Waals surface area (Å²) in [6.45, 7) is 10.1. The summed E-state index contributed by atoms with van der Waals surface area (Å²) in [7, 11) is 1.26. The molecule has 12 heteroatoms. The normalized spacial score (nSPS) is 13.1. The molecule has 0 radical (unpaired) electrons. The van der Waals surface area contributed by atoms with E-state index in [2.05, 4.69) is 42.7 Å². The Morgan fingerprint density at radius 1 is 0.931 bits per heavy atom. The first-order chi connectivity index (χ1) is 13.5. The van der Waals surface area contributed by atoms with Gasteiger partial charge in [0.1, 0.15) is 0 Å². The van der Waals surface area contributed by atoms with Crippen LogP contribution in [0.5, 0.6) is 0 Å². The van der Waals surface area contributed by atoms with Crippen molar-refractivity contribution in [2.24, 2.45) is 0 Å². The predicted octanol–water partition coefficient (Wildman–Crippen LogP) is -0.751. The van der Waals surface area contributed by atoms with Crippen LogP contribution in [0.2, 0.25) is 0 Å². The van der Waals surface area contributed by atoms with E-state index in [9.17, 15) is 24.0 Å². The van der Waals surface area contributed by atoms with Crippen molar-refractivity contribution >= 4 is 29.8 Å². The first-order valence-electron chi connectivity index (χ1n) is 8.16. The largest absolute Gasteiger partial charge is 0.450 e. The summed E-state index contributed by atoms with van der Waals surface area (Å²) in [6, 6.07) is -0.434. The van der Waals surface area contributed by atoms with Crippen LogP contribution in [0.1, 0.15) is 20.8 Å². The molecular formula is C17H24N2O10. The number of carbonyl (C=O) groups excluding carboxylic acids is 5. The van der Waals surface area contributed by atoms with Crippen LogP contribution < -0.4 is 10.6 Å². The molecule has 0 aliphatic rings. The van der Waals surface area contributed by atoms with Crippen molar-refractivity contribution in [3.8, 4) is 0 Å². The molecule has 0 aromatic carbocycles. The molecule has 0 amide bonds. The lowest BCUT2D eigenvalue weighted by molar-refractivity contribution is -0.213. The number of ether oxygens (including phenoxy) is 5. The maximum absolute atomic E-state index is 11.8. The minimum absolute atomic E-state index is 0.0684. The molecule has 12 nitrogen and oxygen atoms in total. The average Bonchev–Trinajstić information content (AvgIpc) is 2.64. The molecule has 2 N–H and O–H groups in total. The van der Waals surface area contributed by atoms with Crippen LogP contribution in [-0.4, -0.2) is 62.4 Å². The third-order valence-corrected chi connectivity index (χ3v) is 2.76. The molecule has 3 atom stereocenters. The Bertz CT molecular complexity index is 661. The van der Waals surface area contributed by atoms with E-state index in [0.29, 0.717) is 0 Å². The molecule has 29 heavy (non-hydrogen) atoms. The quantitative estimate of drug-likeness (QED) is 0.109. The lowest BCUT2D eigenvalue weighted by Crippen LogP contribution is -2.44. The average molecular weight is 416 g/mol. The number of nitrogens with one attached hydrogen (secondary N) is 2. The van der Waals surface area contributed by atoms with E-state index >= 15 is 0 Å². The second kappa shape index (κ2) is 13.0. The highest BCUT2D eigenvalue weighted by Crippen LogP contribution is 2.01. The summed E-state index contributed by atoms with van der Waals surface area (Å²) in [5.74, 6) is -5.77. The van der Waals surface area contributed by atoms with Crippen LogP contribution in [-0.2, 0) is 47.7 Å². The summed E-state index contributed by atoms with van der Waals surface area (Å²) in [5, 5.41) is 4.84. The SMILES string of the molecule is C=C[C@H](C)NC(OC(C)=O)OC(=O)C(=O)OC(NC)OC(=O)COC(=O)C(=C)C. The van der Waals surface area contributed by atoms with Crippen molar-refractivity contribution in [1.82, 2.24) is 10.6 Å². The van der Waals surface area contributed by atoms with E-state index in [1.807, 2.05) is 0 Å². The maximum Gasteiger partial charge on any atom is 0.421 e. The smallest absolute Gasteiger partial charge is 0.421 e. The molecular weight excluding hydrogens is 392 g/mol. The van der Waals surface area contributed by atoms with Gasteiger partial charge in [0.05, 0.1) is 0 Å². The van der Waals surface area contributed by atoms with Gasteiger partial charge in [-0.15, -0.1) is 6.58 Å². The molecule has 0 saturated heterocycles. The van der Waals surface area contributed by atoms with Crippen LogP contribution in [0.4, 0.5) is 0 Å². The van der Waals surface area contributed by atoms with Gasteiger partial charge >= 0.3 is 42.7 Å². The zero-order valence-electron chi connectivity index (χ0n) is 16.5. The van der Waals surface area contributed by atoms with Crippen molar-refractivity contribution in [1.29, 1.82) is 0 Å². The molecule has 0 rings (SSSR count). The van der Waals surface area contributed by atoms with E-state index in [-0.39, 0.29) is 5.57 Å². The van der Waals surface area contributed by atoms with E-state index in [1.54, 1.807) is 6.92 Å². The molecule has 0 aliphatic carbocycles. The van der Waals surface area contributed by atoms with Crippen molar-refractivity contribution in [2.45, 2.75) is 39.6 Å². The first-order valence-corrected chi connectivity index (χ1v) is 8.16. The zero-order valence-corrected chi connectivity index (χ0v) is 16.5. The fourth-order valence-electron chi connectivity index (χ4n) is 1.36. The third-order valence-electron chi connectivity index (χ3n) is 2.76. The molecule has 162 valence electrons. The molecule has 2 unspecified atom stereocenters. The summed E-state index contributed by atoms with van der Waals surface area (Å²) in [5.41, 5.74) is 0.0684. The lowest BCUT2D eigenvalue weighted by Gasteiger charge is -2.21. The predicted molar refractivity (Wildman–Crippen MR) is 95.2 cm³/mol. The van der Waals surface area contributed by atoms with Gasteiger partial charge in [-0.05, 0) is 20.9 Å². The van der Waals surface area contributed by atoms with E-state index in [4.69, 9.17) is 4.74 Å². The van der Waals surface area contributed by atoms with Crippen LogP contribution in [0.3, 0.4) is 0 Å². The van der Waals surface area contributed by atoms with Crippen molar-refractivity contribution in [2.75, 3.05) is 13.7 Å². The van der Waals surface area contributed by atoms with E-state index < -0.39 is 55.3 Å². The fourth-order valence-corrected chi connectivity index (χ4v) is 1.36. The number of rotatable bonds is 11. The van der Waals surface area contributed by atoms with Gasteiger partial charge in [-0.3, -0.25) is 10.1 Å². The summed E-state index contributed by atoms with van der Waals surface area (Å²) >= 11 is 0. The molecule has 0 aliphatic heterocycles. The van der Waals surface area contributed by atoms with E-state index in [0.717, 1.165) is 6.92 Å². The number of esters is 5. The molecule has 0 fully saturated rings. The molecule has 0 bridgehead atoms. The van der Waals surface area contributed by atoms with Gasteiger partial charge in [0.2, 0.25) is 0 Å². The second-order valence-electron chi connectivity index (χ2n) is 5.41. The van der Waals surface area contributed by atoms with Gasteiger partial charge < -0.3 is 23.7 Å². The van der Waals surface area contributed by atoms with Gasteiger partial charge in [-0.1, -0.05) is 12.7 Å². The topological polar surface area (TPSA) is 156 Å². The highest BCUT2D eigenvalue weighted by Gasteiger charge is 2.28. The fraction of sp³-hybridized carbons (Fsp3) is 0.471. The van der Waals surface area contributed by atoms with Crippen molar-refractivity contribution in [3.05, 3.63) is 24.8 Å². The minimum Gasteiger partial charge on any atom is -0.450 e. The van der Waals surface area contributed by atoms with Gasteiger partial charge in [0, 0.05) is 18.5 Å². The Morgan fingerprint density at radius 2 is 1.48 bits per heavy atom. The van der Waals surface area contributed by atoms with Crippen LogP contribution >= 0.6 is 0 Å². The van der Waals surface area contributed by atoms with Gasteiger partial charge in [0.25, 0.3) is 0 Å². The Labute approximate surface area is 167 Å². The highest BCUT2D eigenvalue weighted by atomic mass is 16.8. The van der Waals surface area contributed by atoms with Crippen molar-refractivity contribution in [3.63, 3.8) is 0 Å². The molecule has 0 aromatic rings. The molecule has 0 heterocycles. The van der Waals surface area contributed by atoms with Gasteiger partial charge in [0.15, 0.2) is 6.61 Å². The minimum atomic E-state index is -1.68. The number of hydrogen-bond acceptors (Lipinski definition) is 12. The maximum atomic E-state index is 11.8. The van der Waals surface area contributed by atoms with Gasteiger partial charge in [-0.25, -0.2) is 24.5 Å². The standard InChI is InChI=1S/C17H24N2O10/c1-7-10(4)19-17(26-11(5)20)29-15(24)14(23)28-16(18-6)27-12(21)8-25-13(22)9(2)3/h7,10,16-19H,1-2,8H2,3-6H3/t10-,16?,17?/m0/s1. The summed E-state index contributed by atoms with van der Waals surface area (Å²) in [4.78, 5) is 57.5. The second-order valence-corrected chi connectivity index (χ2v) is 5.41. The lowest BCUT2D eigenvalue weighted by atomic mass is 10.3. The summed E-state index contributed by atoms with van der Waals surface area (Å²) < 4.78 is 23.2. The Balaban J connectivity index is 4.72. The Hall–Kier alpha value is -3.25. The van der Waals surface area contributed by atoms with Crippen LogP contribution in [0.25, 0.3) is 0 Å². The Morgan fingerprint density at radius 3 is 1.93 bits per heavy atom. The third kappa shape index (κ3) is 11.2. The number of hydrogen-bond donors (Lipinski definition) is 2. The van der Waals surface area contributed by atoms with Crippen LogP contribution in [0.15, 0.2) is 24.8 Å². The monoisotopic (exact) mass is 416 g/mol. The van der Waals surface area contributed by atoms with Gasteiger partial charge in [-0.2, -0.15) is 0 Å². The first kappa shape index (κ1) is 25.8. The molecule has 0 saturated carbocycles. The van der Waals surface area contributed by atoms with E-state index in [1.165, 1.54) is 20.0 Å². The molecule has 0 aromatic heterocycles. The number of carbonyl (C=O) groups is 5. The zero-order chi connectivity index (χ0) is 22.6. The van der Waals surface area contributed by atoms with Crippen LogP contribution in [0, 0.1) is 0 Å². The van der Waals surface area contributed by atoms with Crippen molar-refractivity contribution < 1.29 is 47.7 Å². The summed E-state index contributed by atoms with van der Waals surface area (Å²) in [6.07, 6.45) is -1.84. The molecule has 0 spiro atoms.